The number of benzene rings is 1. The Morgan fingerprint density at radius 2 is 2.30 bits per heavy atom. The van der Waals surface area contributed by atoms with Gasteiger partial charge >= 0.3 is 5.97 Å². The number of aliphatic carboxylic acids is 1. The molecule has 1 N–H and O–H groups in total. The van der Waals surface area contributed by atoms with Crippen LogP contribution in [0.1, 0.15) is 37.3 Å². The molecule has 1 aliphatic rings. The summed E-state index contributed by atoms with van der Waals surface area (Å²) in [4.78, 5) is 13.3. The highest BCUT2D eigenvalue weighted by molar-refractivity contribution is 5.67. The van der Waals surface area contributed by atoms with E-state index in [4.69, 9.17) is 5.11 Å². The Kier molecular flexibility index (Phi) is 5.18. The Balaban J connectivity index is 1.91. The highest BCUT2D eigenvalue weighted by atomic mass is 16.4. The van der Waals surface area contributed by atoms with E-state index in [9.17, 15) is 4.79 Å². The van der Waals surface area contributed by atoms with Gasteiger partial charge in [-0.05, 0) is 43.7 Å². The molecule has 2 unspecified atom stereocenters. The maximum atomic E-state index is 10.8. The molecule has 1 fully saturated rings. The van der Waals surface area contributed by atoms with Crippen LogP contribution in [0.15, 0.2) is 24.3 Å². The van der Waals surface area contributed by atoms with Gasteiger partial charge in [-0.25, -0.2) is 0 Å². The first-order valence-corrected chi connectivity index (χ1v) is 7.54. The van der Waals surface area contributed by atoms with Gasteiger partial charge < -0.3 is 5.11 Å². The summed E-state index contributed by atoms with van der Waals surface area (Å²) in [6, 6.07) is 8.65. The molecule has 1 aliphatic heterocycles. The summed E-state index contributed by atoms with van der Waals surface area (Å²) in [6.07, 6.45) is 2.64. The van der Waals surface area contributed by atoms with Crippen molar-refractivity contribution in [2.75, 3.05) is 13.1 Å². The number of nitrogens with zero attached hydrogens (tertiary/aromatic N) is 1. The summed E-state index contributed by atoms with van der Waals surface area (Å²) < 4.78 is 0. The summed E-state index contributed by atoms with van der Waals surface area (Å²) in [7, 11) is 0. The highest BCUT2D eigenvalue weighted by Crippen LogP contribution is 2.27. The van der Waals surface area contributed by atoms with Crippen molar-refractivity contribution in [3.63, 3.8) is 0 Å². The van der Waals surface area contributed by atoms with Crippen molar-refractivity contribution >= 4 is 5.97 Å². The fourth-order valence-corrected chi connectivity index (χ4v) is 3.21. The Morgan fingerprint density at radius 1 is 1.50 bits per heavy atom. The van der Waals surface area contributed by atoms with Crippen LogP contribution in [0.5, 0.6) is 0 Å². The van der Waals surface area contributed by atoms with Crippen LogP contribution >= 0.6 is 0 Å². The molecule has 2 rings (SSSR count). The molecule has 0 bridgehead atoms. The molecule has 0 aromatic heterocycles. The molecule has 110 valence electrons. The van der Waals surface area contributed by atoms with Gasteiger partial charge in [0.1, 0.15) is 0 Å². The van der Waals surface area contributed by atoms with Crippen LogP contribution in [0.4, 0.5) is 0 Å². The molecule has 0 aliphatic carbocycles. The standard InChI is InChI=1S/C17H25NO2/c1-13-5-3-6-15(9-13)11-18-8-4-7-16(12-18)14(2)10-17(19)20/h3,5-6,9,14,16H,4,7-8,10-12H2,1-2H3,(H,19,20). The van der Waals surface area contributed by atoms with E-state index < -0.39 is 5.97 Å². The van der Waals surface area contributed by atoms with E-state index in [-0.39, 0.29) is 5.92 Å². The topological polar surface area (TPSA) is 40.5 Å². The third kappa shape index (κ3) is 4.34. The van der Waals surface area contributed by atoms with E-state index in [0.717, 1.165) is 19.6 Å². The van der Waals surface area contributed by atoms with Crippen LogP contribution in [0.25, 0.3) is 0 Å². The van der Waals surface area contributed by atoms with Gasteiger partial charge in [-0.3, -0.25) is 9.69 Å². The third-order valence-electron chi connectivity index (χ3n) is 4.33. The van der Waals surface area contributed by atoms with Crippen LogP contribution in [0.3, 0.4) is 0 Å². The number of rotatable bonds is 5. The van der Waals surface area contributed by atoms with Gasteiger partial charge in [-0.15, -0.1) is 0 Å². The summed E-state index contributed by atoms with van der Waals surface area (Å²) >= 11 is 0. The van der Waals surface area contributed by atoms with Crippen LogP contribution in [0, 0.1) is 18.8 Å². The molecule has 1 aromatic rings. The van der Waals surface area contributed by atoms with Crippen molar-refractivity contribution in [1.29, 1.82) is 0 Å². The molecular formula is C17H25NO2. The summed E-state index contributed by atoms with van der Waals surface area (Å²) in [5.41, 5.74) is 2.66. The minimum Gasteiger partial charge on any atom is -0.481 e. The van der Waals surface area contributed by atoms with Crippen molar-refractivity contribution in [3.8, 4) is 0 Å². The average Bonchev–Trinajstić information content (AvgIpc) is 2.38. The molecule has 1 aromatic carbocycles. The van der Waals surface area contributed by atoms with Crippen molar-refractivity contribution in [1.82, 2.24) is 4.90 Å². The molecule has 3 heteroatoms. The van der Waals surface area contributed by atoms with Gasteiger partial charge in [0.2, 0.25) is 0 Å². The van der Waals surface area contributed by atoms with Crippen molar-refractivity contribution in [2.24, 2.45) is 11.8 Å². The summed E-state index contributed by atoms with van der Waals surface area (Å²) in [5, 5.41) is 8.93. The lowest BCUT2D eigenvalue weighted by molar-refractivity contribution is -0.138. The van der Waals surface area contributed by atoms with Gasteiger partial charge in [0.15, 0.2) is 0 Å². The largest absolute Gasteiger partial charge is 0.481 e. The summed E-state index contributed by atoms with van der Waals surface area (Å²) in [5.74, 6) is 0.116. The van der Waals surface area contributed by atoms with Crippen LogP contribution < -0.4 is 0 Å². The Bertz CT molecular complexity index is 458. The molecule has 0 radical (unpaired) electrons. The molecule has 0 amide bonds. The molecule has 3 nitrogen and oxygen atoms in total. The number of likely N-dealkylation sites (tertiary alicyclic amines) is 1. The maximum absolute atomic E-state index is 10.8. The second kappa shape index (κ2) is 6.89. The second-order valence-electron chi connectivity index (χ2n) is 6.20. The predicted molar refractivity (Wildman–Crippen MR) is 80.6 cm³/mol. The van der Waals surface area contributed by atoms with E-state index in [1.54, 1.807) is 0 Å². The normalized spacial score (nSPS) is 21.6. The van der Waals surface area contributed by atoms with Crippen LogP contribution in [-0.2, 0) is 11.3 Å². The molecule has 1 heterocycles. The number of hydrogen-bond donors (Lipinski definition) is 1. The zero-order chi connectivity index (χ0) is 14.5. The maximum Gasteiger partial charge on any atom is 0.303 e. The third-order valence-corrected chi connectivity index (χ3v) is 4.33. The van der Waals surface area contributed by atoms with Crippen LogP contribution in [-0.4, -0.2) is 29.1 Å². The predicted octanol–water partition coefficient (Wildman–Crippen LogP) is 3.32. The lowest BCUT2D eigenvalue weighted by atomic mass is 9.84. The SMILES string of the molecule is Cc1cccc(CN2CCCC(C(C)CC(=O)O)C2)c1. The minimum absolute atomic E-state index is 0.271. The molecular weight excluding hydrogens is 250 g/mol. The monoisotopic (exact) mass is 275 g/mol. The molecule has 0 saturated carbocycles. The second-order valence-corrected chi connectivity index (χ2v) is 6.20. The van der Waals surface area contributed by atoms with Gasteiger partial charge in [0, 0.05) is 19.5 Å². The lowest BCUT2D eigenvalue weighted by Crippen LogP contribution is -2.37. The first-order valence-electron chi connectivity index (χ1n) is 7.54. The Labute approximate surface area is 121 Å². The zero-order valence-corrected chi connectivity index (χ0v) is 12.5. The number of piperidine rings is 1. The Hall–Kier alpha value is -1.35. The van der Waals surface area contributed by atoms with E-state index in [2.05, 4.69) is 43.0 Å². The number of carboxylic acid groups (broad SMARTS) is 1. The minimum atomic E-state index is -0.673. The smallest absolute Gasteiger partial charge is 0.303 e. The summed E-state index contributed by atoms with van der Waals surface area (Å²) in [6.45, 7) is 7.34. The lowest BCUT2D eigenvalue weighted by Gasteiger charge is -2.35. The molecule has 1 saturated heterocycles. The first kappa shape index (κ1) is 15.0. The molecule has 0 spiro atoms. The fourth-order valence-electron chi connectivity index (χ4n) is 3.21. The number of aryl methyl sites for hydroxylation is 1. The van der Waals surface area contributed by atoms with Gasteiger partial charge in [-0.2, -0.15) is 0 Å². The van der Waals surface area contributed by atoms with E-state index in [1.807, 2.05) is 0 Å². The number of carbonyl (C=O) groups is 1. The van der Waals surface area contributed by atoms with Crippen molar-refractivity contribution < 1.29 is 9.90 Å². The first-order chi connectivity index (χ1) is 9.54. The van der Waals surface area contributed by atoms with Gasteiger partial charge in [0.25, 0.3) is 0 Å². The highest BCUT2D eigenvalue weighted by Gasteiger charge is 2.25. The van der Waals surface area contributed by atoms with E-state index >= 15 is 0 Å². The number of hydrogen-bond acceptors (Lipinski definition) is 2. The molecule has 20 heavy (non-hydrogen) atoms. The quantitative estimate of drug-likeness (QED) is 0.896. The van der Waals surface area contributed by atoms with E-state index in [0.29, 0.717) is 12.3 Å². The van der Waals surface area contributed by atoms with Crippen LogP contribution in [0.2, 0.25) is 0 Å². The van der Waals surface area contributed by atoms with Crippen molar-refractivity contribution in [2.45, 2.75) is 39.7 Å². The van der Waals surface area contributed by atoms with Crippen molar-refractivity contribution in [3.05, 3.63) is 35.4 Å². The Morgan fingerprint density at radius 3 is 3.00 bits per heavy atom. The van der Waals surface area contributed by atoms with Gasteiger partial charge in [-0.1, -0.05) is 36.8 Å². The van der Waals surface area contributed by atoms with E-state index in [1.165, 1.54) is 24.0 Å². The average molecular weight is 275 g/mol. The van der Waals surface area contributed by atoms with Gasteiger partial charge in [0.05, 0.1) is 0 Å². The molecule has 2 atom stereocenters. The number of carboxylic acids is 1. The fraction of sp³-hybridized carbons (Fsp3) is 0.588. The zero-order valence-electron chi connectivity index (χ0n) is 12.5.